The Morgan fingerprint density at radius 3 is 2.40 bits per heavy atom. The van der Waals surface area contributed by atoms with Gasteiger partial charge in [-0.05, 0) is 6.08 Å². The Morgan fingerprint density at radius 1 is 1.80 bits per heavy atom. The molecule has 0 spiro atoms. The standard InChI is InChI=1S/C3H4ClF/c4-2-1-3-5/h1,3H,2H2. The Kier molecular flexibility index (Phi) is 3.93. The molecule has 0 atom stereocenters. The molecule has 0 saturated heterocycles. The van der Waals surface area contributed by atoms with E-state index in [4.69, 9.17) is 11.6 Å². The first kappa shape index (κ1) is 4.96. The van der Waals surface area contributed by atoms with Crippen LogP contribution in [0.4, 0.5) is 4.39 Å². The summed E-state index contributed by atoms with van der Waals surface area (Å²) in [6.45, 7) is 0. The molecule has 0 radical (unpaired) electrons. The van der Waals surface area contributed by atoms with Crippen LogP contribution in [-0.2, 0) is 0 Å². The zero-order valence-electron chi connectivity index (χ0n) is 2.62. The van der Waals surface area contributed by atoms with Crippen LogP contribution >= 0.6 is 11.6 Å². The normalized spacial score (nSPS) is 10.0. The highest BCUT2D eigenvalue weighted by molar-refractivity contribution is 6.18. The third kappa shape index (κ3) is 3.96. The molecular formula is C3H4ClF. The van der Waals surface area contributed by atoms with Crippen LogP contribution in [0.3, 0.4) is 0 Å². The van der Waals surface area contributed by atoms with Crippen molar-refractivity contribution in [2.45, 2.75) is 0 Å². The lowest BCUT2D eigenvalue weighted by Gasteiger charge is -1.60. The topological polar surface area (TPSA) is 0 Å². The molecule has 0 amide bonds. The number of allylic oxidation sites excluding steroid dienone is 1. The van der Waals surface area contributed by atoms with Gasteiger partial charge in [-0.15, -0.1) is 11.6 Å². The largest absolute Gasteiger partial charge is 0.216 e. The van der Waals surface area contributed by atoms with Gasteiger partial charge in [0.05, 0.1) is 6.33 Å². The minimum atomic E-state index is 0.260. The Bertz CT molecular complexity index is 33.9. The molecule has 0 heterocycles. The summed E-state index contributed by atoms with van der Waals surface area (Å²) < 4.78 is 10.7. The van der Waals surface area contributed by atoms with E-state index in [1.807, 2.05) is 0 Å². The van der Waals surface area contributed by atoms with Crippen molar-refractivity contribution in [2.24, 2.45) is 0 Å². The first-order chi connectivity index (χ1) is 2.41. The van der Waals surface area contributed by atoms with E-state index in [1.165, 1.54) is 6.08 Å². The zero-order chi connectivity index (χ0) is 4.12. The summed E-state index contributed by atoms with van der Waals surface area (Å²) in [6.07, 6.45) is 1.65. The third-order valence-electron chi connectivity index (χ3n) is 0.178. The van der Waals surface area contributed by atoms with Crippen LogP contribution in [0.25, 0.3) is 0 Å². The fraction of sp³-hybridized carbons (Fsp3) is 0.333. The van der Waals surface area contributed by atoms with Crippen molar-refractivity contribution in [3.05, 3.63) is 12.4 Å². The lowest BCUT2D eigenvalue weighted by molar-refractivity contribution is 0.719. The van der Waals surface area contributed by atoms with Gasteiger partial charge in [0.2, 0.25) is 0 Å². The van der Waals surface area contributed by atoms with Crippen LogP contribution in [0.1, 0.15) is 0 Å². The maximum absolute atomic E-state index is 10.7. The van der Waals surface area contributed by atoms with Crippen molar-refractivity contribution in [3.63, 3.8) is 0 Å². The molecule has 0 aromatic rings. The predicted molar refractivity (Wildman–Crippen MR) is 21.0 cm³/mol. The van der Waals surface area contributed by atoms with Crippen molar-refractivity contribution in [3.8, 4) is 0 Å². The molecule has 0 aromatic carbocycles. The van der Waals surface area contributed by atoms with Gasteiger partial charge in [-0.2, -0.15) is 0 Å². The average Bonchev–Trinajstić information content (AvgIpc) is 1.41. The third-order valence-corrected chi connectivity index (χ3v) is 0.356. The van der Waals surface area contributed by atoms with Crippen LogP contribution in [-0.4, -0.2) is 5.88 Å². The summed E-state index contributed by atoms with van der Waals surface area (Å²) in [6, 6.07) is 0. The summed E-state index contributed by atoms with van der Waals surface area (Å²) in [4.78, 5) is 0. The van der Waals surface area contributed by atoms with Gasteiger partial charge in [-0.3, -0.25) is 0 Å². The minimum absolute atomic E-state index is 0.260. The summed E-state index contributed by atoms with van der Waals surface area (Å²) in [5, 5.41) is 0. The molecule has 0 N–H and O–H groups in total. The molecule has 0 aliphatic rings. The molecule has 0 aromatic heterocycles. The molecule has 0 bridgehead atoms. The van der Waals surface area contributed by atoms with Gasteiger partial charge in [0.25, 0.3) is 0 Å². The van der Waals surface area contributed by atoms with Gasteiger partial charge in [-0.1, -0.05) is 0 Å². The molecule has 0 nitrogen and oxygen atoms in total. The Morgan fingerprint density at radius 2 is 2.40 bits per heavy atom. The van der Waals surface area contributed by atoms with Gasteiger partial charge in [0.15, 0.2) is 0 Å². The van der Waals surface area contributed by atoms with Gasteiger partial charge >= 0.3 is 0 Å². The number of rotatable bonds is 1. The average molecular weight is 94.5 g/mol. The van der Waals surface area contributed by atoms with Crippen molar-refractivity contribution < 1.29 is 4.39 Å². The van der Waals surface area contributed by atoms with Gasteiger partial charge in [0.1, 0.15) is 0 Å². The lowest BCUT2D eigenvalue weighted by atomic mass is 10.8. The highest BCUT2D eigenvalue weighted by atomic mass is 35.5. The second kappa shape index (κ2) is 3.96. The minimum Gasteiger partial charge on any atom is -0.216 e. The van der Waals surface area contributed by atoms with E-state index < -0.39 is 0 Å². The molecule has 2 heteroatoms. The van der Waals surface area contributed by atoms with E-state index in [1.54, 1.807) is 0 Å². The second-order valence-corrected chi connectivity index (χ2v) is 0.825. The quantitative estimate of drug-likeness (QED) is 0.434. The van der Waals surface area contributed by atoms with E-state index in [-0.39, 0.29) is 5.88 Å². The molecule has 30 valence electrons. The fourth-order valence-electron chi connectivity index (χ4n) is 0.0337. The molecule has 0 unspecified atom stereocenters. The van der Waals surface area contributed by atoms with Crippen molar-refractivity contribution in [1.29, 1.82) is 0 Å². The zero-order valence-corrected chi connectivity index (χ0v) is 3.37. The van der Waals surface area contributed by atoms with Gasteiger partial charge < -0.3 is 0 Å². The van der Waals surface area contributed by atoms with E-state index in [2.05, 4.69) is 0 Å². The summed E-state index contributed by atoms with van der Waals surface area (Å²) >= 11 is 4.97. The predicted octanol–water partition coefficient (Wildman–Crippen LogP) is 1.71. The van der Waals surface area contributed by atoms with Crippen LogP contribution in [0.2, 0.25) is 0 Å². The number of alkyl halides is 1. The van der Waals surface area contributed by atoms with Crippen LogP contribution in [0.15, 0.2) is 12.4 Å². The Labute approximate surface area is 35.2 Å². The fourth-order valence-corrected chi connectivity index (χ4v) is 0.101. The maximum Gasteiger partial charge on any atom is 0.0838 e. The summed E-state index contributed by atoms with van der Waals surface area (Å²) in [7, 11) is 0. The molecule has 0 saturated carbocycles. The number of hydrogen-bond donors (Lipinski definition) is 0. The highest BCUT2D eigenvalue weighted by Gasteiger charge is 1.57. The van der Waals surface area contributed by atoms with Crippen molar-refractivity contribution >= 4 is 11.6 Å². The van der Waals surface area contributed by atoms with Crippen molar-refractivity contribution in [2.75, 3.05) is 5.88 Å². The Hall–Kier alpha value is -0.0400. The maximum atomic E-state index is 10.7. The van der Waals surface area contributed by atoms with E-state index in [0.29, 0.717) is 6.33 Å². The van der Waals surface area contributed by atoms with Crippen molar-refractivity contribution in [1.82, 2.24) is 0 Å². The molecule has 0 aliphatic carbocycles. The smallest absolute Gasteiger partial charge is 0.0838 e. The van der Waals surface area contributed by atoms with Crippen LogP contribution in [0, 0.1) is 0 Å². The van der Waals surface area contributed by atoms with Crippen LogP contribution in [0.5, 0.6) is 0 Å². The number of hydrogen-bond acceptors (Lipinski definition) is 0. The molecule has 5 heavy (non-hydrogen) atoms. The highest BCUT2D eigenvalue weighted by Crippen LogP contribution is 1.75. The summed E-state index contributed by atoms with van der Waals surface area (Å²) in [5.41, 5.74) is 0. The van der Waals surface area contributed by atoms with Crippen LogP contribution < -0.4 is 0 Å². The SMILES string of the molecule is FC=CCCl. The van der Waals surface area contributed by atoms with E-state index >= 15 is 0 Å². The van der Waals surface area contributed by atoms with Gasteiger partial charge in [0, 0.05) is 5.88 Å². The van der Waals surface area contributed by atoms with E-state index in [9.17, 15) is 4.39 Å². The number of halogens is 2. The lowest BCUT2D eigenvalue weighted by Crippen LogP contribution is -1.49. The van der Waals surface area contributed by atoms with Gasteiger partial charge in [-0.25, -0.2) is 4.39 Å². The van der Waals surface area contributed by atoms with E-state index in [0.717, 1.165) is 0 Å². The molecule has 0 fully saturated rings. The second-order valence-electron chi connectivity index (χ2n) is 0.516. The first-order valence-electron chi connectivity index (χ1n) is 1.23. The summed E-state index contributed by atoms with van der Waals surface area (Å²) in [5.74, 6) is 0.260. The monoisotopic (exact) mass is 94.0 g/mol. The molecule has 0 aliphatic heterocycles. The Balaban J connectivity index is 2.62. The first-order valence-corrected chi connectivity index (χ1v) is 1.76. The molecule has 0 rings (SSSR count). The molecular weight excluding hydrogens is 90.5 g/mol.